The molecule has 18 heavy (non-hydrogen) atoms. The molecule has 0 saturated carbocycles. The summed E-state index contributed by atoms with van der Waals surface area (Å²) in [4.78, 5) is 2.25. The predicted octanol–water partition coefficient (Wildman–Crippen LogP) is 2.46. The second-order valence-corrected chi connectivity index (χ2v) is 4.84. The molecule has 1 heterocycles. The first-order chi connectivity index (χ1) is 8.61. The lowest BCUT2D eigenvalue weighted by Crippen LogP contribution is -2.42. The maximum Gasteiger partial charge on any atom is 0.123 e. The van der Waals surface area contributed by atoms with Crippen molar-refractivity contribution in [3.63, 3.8) is 0 Å². The van der Waals surface area contributed by atoms with Gasteiger partial charge in [0.25, 0.3) is 0 Å². The number of morpholine rings is 1. The van der Waals surface area contributed by atoms with E-state index in [0.29, 0.717) is 6.61 Å². The molecule has 2 rings (SSSR count). The molecule has 1 unspecified atom stereocenters. The maximum atomic E-state index is 13.3. The number of rotatable bonds is 3. The summed E-state index contributed by atoms with van der Waals surface area (Å²) in [6.07, 6.45) is 1.25. The average molecular weight is 252 g/mol. The van der Waals surface area contributed by atoms with Gasteiger partial charge in [0, 0.05) is 24.8 Å². The summed E-state index contributed by atoms with van der Waals surface area (Å²) >= 11 is 0. The van der Waals surface area contributed by atoms with Gasteiger partial charge in [-0.25, -0.2) is 4.39 Å². The SMILES string of the molecule is CCC1CN(c2ccc(F)cc2[C@@H](C)N)CCO1. The van der Waals surface area contributed by atoms with E-state index in [0.717, 1.165) is 30.8 Å². The van der Waals surface area contributed by atoms with Gasteiger partial charge in [-0.05, 0) is 37.1 Å². The maximum absolute atomic E-state index is 13.3. The standard InChI is InChI=1S/C14H21FN2O/c1-3-12-9-17(6-7-18-12)14-5-4-11(15)8-13(14)10(2)16/h4-5,8,10,12H,3,6-7,9,16H2,1-2H3/t10-,12?/m1/s1. The van der Waals surface area contributed by atoms with Crippen molar-refractivity contribution in [1.82, 2.24) is 0 Å². The molecule has 2 N–H and O–H groups in total. The lowest BCUT2D eigenvalue weighted by molar-refractivity contribution is 0.0383. The van der Waals surface area contributed by atoms with Crippen molar-refractivity contribution in [2.24, 2.45) is 5.73 Å². The topological polar surface area (TPSA) is 38.5 Å². The van der Waals surface area contributed by atoms with Crippen LogP contribution >= 0.6 is 0 Å². The van der Waals surface area contributed by atoms with Crippen LogP contribution in [0.4, 0.5) is 10.1 Å². The number of nitrogens with zero attached hydrogens (tertiary/aromatic N) is 1. The molecule has 100 valence electrons. The summed E-state index contributed by atoms with van der Waals surface area (Å²) in [6.45, 7) is 6.40. The van der Waals surface area contributed by atoms with Crippen LogP contribution in [0.25, 0.3) is 0 Å². The number of anilines is 1. The van der Waals surface area contributed by atoms with Gasteiger partial charge >= 0.3 is 0 Å². The van der Waals surface area contributed by atoms with Crippen molar-refractivity contribution in [1.29, 1.82) is 0 Å². The van der Waals surface area contributed by atoms with Crippen molar-refractivity contribution in [3.05, 3.63) is 29.6 Å². The number of hydrogen-bond donors (Lipinski definition) is 1. The van der Waals surface area contributed by atoms with Crippen LogP contribution in [-0.4, -0.2) is 25.8 Å². The highest BCUT2D eigenvalue weighted by molar-refractivity contribution is 5.55. The van der Waals surface area contributed by atoms with E-state index < -0.39 is 0 Å². The molecule has 0 bridgehead atoms. The van der Waals surface area contributed by atoms with Crippen LogP contribution in [0, 0.1) is 5.82 Å². The fraction of sp³-hybridized carbons (Fsp3) is 0.571. The molecule has 4 heteroatoms. The lowest BCUT2D eigenvalue weighted by Gasteiger charge is -2.35. The van der Waals surface area contributed by atoms with Crippen molar-refractivity contribution >= 4 is 5.69 Å². The van der Waals surface area contributed by atoms with E-state index in [-0.39, 0.29) is 18.0 Å². The molecule has 2 atom stereocenters. The average Bonchev–Trinajstić information content (AvgIpc) is 2.38. The van der Waals surface area contributed by atoms with E-state index in [1.807, 2.05) is 13.0 Å². The zero-order valence-corrected chi connectivity index (χ0v) is 11.0. The molecular formula is C14H21FN2O. The zero-order valence-electron chi connectivity index (χ0n) is 11.0. The third-order valence-corrected chi connectivity index (χ3v) is 3.41. The quantitative estimate of drug-likeness (QED) is 0.898. The van der Waals surface area contributed by atoms with Gasteiger partial charge in [0.15, 0.2) is 0 Å². The van der Waals surface area contributed by atoms with Gasteiger partial charge in [-0.2, -0.15) is 0 Å². The molecule has 1 saturated heterocycles. The van der Waals surface area contributed by atoms with Crippen LogP contribution in [0.1, 0.15) is 31.9 Å². The molecule has 0 amide bonds. The first-order valence-corrected chi connectivity index (χ1v) is 6.53. The molecule has 1 aromatic rings. The summed E-state index contributed by atoms with van der Waals surface area (Å²) in [6, 6.07) is 4.69. The Kier molecular flexibility index (Phi) is 4.19. The van der Waals surface area contributed by atoms with Crippen LogP contribution in [0.3, 0.4) is 0 Å². The number of hydrogen-bond acceptors (Lipinski definition) is 3. The Morgan fingerprint density at radius 1 is 1.56 bits per heavy atom. The third kappa shape index (κ3) is 2.82. The van der Waals surface area contributed by atoms with E-state index in [4.69, 9.17) is 10.5 Å². The molecule has 1 aliphatic heterocycles. The summed E-state index contributed by atoms with van der Waals surface area (Å²) in [5.74, 6) is -0.230. The van der Waals surface area contributed by atoms with Gasteiger partial charge in [0.05, 0.1) is 12.7 Å². The normalized spacial score (nSPS) is 22.0. The van der Waals surface area contributed by atoms with Crippen molar-refractivity contribution in [2.75, 3.05) is 24.6 Å². The molecule has 1 fully saturated rings. The number of benzene rings is 1. The Morgan fingerprint density at radius 2 is 2.33 bits per heavy atom. The molecule has 0 radical (unpaired) electrons. The minimum Gasteiger partial charge on any atom is -0.375 e. The molecular weight excluding hydrogens is 231 g/mol. The molecule has 3 nitrogen and oxygen atoms in total. The van der Waals surface area contributed by atoms with Crippen LogP contribution < -0.4 is 10.6 Å². The highest BCUT2D eigenvalue weighted by Crippen LogP contribution is 2.28. The van der Waals surface area contributed by atoms with Gasteiger partial charge in [0.2, 0.25) is 0 Å². The summed E-state index contributed by atoms with van der Waals surface area (Å²) in [5.41, 5.74) is 7.84. The molecule has 0 aromatic heterocycles. The minimum absolute atomic E-state index is 0.168. The van der Waals surface area contributed by atoms with Crippen LogP contribution in [0.15, 0.2) is 18.2 Å². The Labute approximate surface area is 108 Å². The van der Waals surface area contributed by atoms with Crippen LogP contribution in [0.5, 0.6) is 0 Å². The summed E-state index contributed by atoms with van der Waals surface area (Å²) < 4.78 is 19.0. The second kappa shape index (κ2) is 5.67. The predicted molar refractivity (Wildman–Crippen MR) is 71.2 cm³/mol. The fourth-order valence-electron chi connectivity index (χ4n) is 2.36. The van der Waals surface area contributed by atoms with Gasteiger partial charge in [-0.15, -0.1) is 0 Å². The molecule has 0 aliphatic carbocycles. The Balaban J connectivity index is 2.26. The second-order valence-electron chi connectivity index (χ2n) is 4.84. The lowest BCUT2D eigenvalue weighted by atomic mass is 10.0. The van der Waals surface area contributed by atoms with E-state index in [1.165, 1.54) is 12.1 Å². The molecule has 1 aromatic carbocycles. The number of halogens is 1. The summed E-state index contributed by atoms with van der Waals surface area (Å²) in [7, 11) is 0. The van der Waals surface area contributed by atoms with E-state index in [9.17, 15) is 4.39 Å². The highest BCUT2D eigenvalue weighted by Gasteiger charge is 2.22. The minimum atomic E-state index is -0.230. The first-order valence-electron chi connectivity index (χ1n) is 6.53. The smallest absolute Gasteiger partial charge is 0.123 e. The Hall–Kier alpha value is -1.13. The van der Waals surface area contributed by atoms with Gasteiger partial charge in [0.1, 0.15) is 5.82 Å². The summed E-state index contributed by atoms with van der Waals surface area (Å²) in [5, 5.41) is 0. The number of ether oxygens (including phenoxy) is 1. The van der Waals surface area contributed by atoms with E-state index in [2.05, 4.69) is 11.8 Å². The number of nitrogens with two attached hydrogens (primary N) is 1. The van der Waals surface area contributed by atoms with Crippen LogP contribution in [0.2, 0.25) is 0 Å². The van der Waals surface area contributed by atoms with Crippen molar-refractivity contribution in [2.45, 2.75) is 32.4 Å². The molecule has 1 aliphatic rings. The Morgan fingerprint density at radius 3 is 3.00 bits per heavy atom. The van der Waals surface area contributed by atoms with E-state index >= 15 is 0 Å². The fourth-order valence-corrected chi connectivity index (χ4v) is 2.36. The third-order valence-electron chi connectivity index (χ3n) is 3.41. The van der Waals surface area contributed by atoms with Gasteiger partial charge in [-0.3, -0.25) is 0 Å². The van der Waals surface area contributed by atoms with Crippen molar-refractivity contribution < 1.29 is 9.13 Å². The highest BCUT2D eigenvalue weighted by atomic mass is 19.1. The van der Waals surface area contributed by atoms with E-state index in [1.54, 1.807) is 0 Å². The van der Waals surface area contributed by atoms with Crippen LogP contribution in [-0.2, 0) is 4.74 Å². The monoisotopic (exact) mass is 252 g/mol. The molecule has 0 spiro atoms. The van der Waals surface area contributed by atoms with Crippen molar-refractivity contribution in [3.8, 4) is 0 Å². The Bertz CT molecular complexity index is 409. The van der Waals surface area contributed by atoms with Gasteiger partial charge < -0.3 is 15.4 Å². The first kappa shape index (κ1) is 13.3. The largest absolute Gasteiger partial charge is 0.375 e. The van der Waals surface area contributed by atoms with Gasteiger partial charge in [-0.1, -0.05) is 6.92 Å². The zero-order chi connectivity index (χ0) is 13.1.